The van der Waals surface area contributed by atoms with Gasteiger partial charge in [-0.05, 0) is 49.2 Å². The molecular formula is C24H21N3O2. The van der Waals surface area contributed by atoms with Gasteiger partial charge < -0.3 is 14.6 Å². The highest BCUT2D eigenvalue weighted by Gasteiger charge is 2.25. The molecule has 1 amide bonds. The Labute approximate surface area is 169 Å². The highest BCUT2D eigenvalue weighted by molar-refractivity contribution is 6.07. The van der Waals surface area contributed by atoms with Crippen LogP contribution in [0, 0.1) is 0 Å². The Bertz CT molecular complexity index is 1150. The van der Waals surface area contributed by atoms with Crippen molar-refractivity contribution in [2.24, 2.45) is 0 Å². The molecule has 0 aliphatic carbocycles. The molecule has 1 aliphatic rings. The number of hydrogen-bond donors (Lipinski definition) is 1. The van der Waals surface area contributed by atoms with E-state index in [2.05, 4.69) is 16.4 Å². The van der Waals surface area contributed by atoms with Gasteiger partial charge in [0.05, 0.1) is 11.6 Å². The number of aromatic nitrogens is 1. The second-order valence-corrected chi connectivity index (χ2v) is 7.32. The number of fused-ring (bicyclic) bond motifs is 2. The Morgan fingerprint density at radius 3 is 2.76 bits per heavy atom. The molecule has 0 radical (unpaired) electrons. The summed E-state index contributed by atoms with van der Waals surface area (Å²) in [6.45, 7) is 2.74. The van der Waals surface area contributed by atoms with Crippen molar-refractivity contribution in [3.8, 4) is 0 Å². The number of carbonyl (C=O) groups excluding carboxylic acids is 1. The van der Waals surface area contributed by atoms with Crippen LogP contribution in [0.3, 0.4) is 0 Å². The van der Waals surface area contributed by atoms with Gasteiger partial charge in [0.2, 0.25) is 0 Å². The molecule has 1 atom stereocenters. The summed E-state index contributed by atoms with van der Waals surface area (Å²) in [4.78, 5) is 19.2. The third-order valence-corrected chi connectivity index (χ3v) is 5.38. The molecule has 2 aromatic heterocycles. The molecule has 1 N–H and O–H groups in total. The Kier molecular flexibility index (Phi) is 4.28. The molecule has 5 nitrogen and oxygen atoms in total. The average Bonchev–Trinajstić information content (AvgIpc) is 3.38. The maximum atomic E-state index is 12.9. The lowest BCUT2D eigenvalue weighted by Gasteiger charge is -2.17. The minimum Gasteiger partial charge on any atom is -0.459 e. The molecular weight excluding hydrogens is 362 g/mol. The smallest absolute Gasteiger partial charge is 0.259 e. The van der Waals surface area contributed by atoms with E-state index in [1.54, 1.807) is 6.20 Å². The van der Waals surface area contributed by atoms with Crippen LogP contribution in [-0.4, -0.2) is 17.4 Å². The van der Waals surface area contributed by atoms with Crippen molar-refractivity contribution in [3.63, 3.8) is 0 Å². The number of rotatable bonds is 4. The number of pyridine rings is 1. The van der Waals surface area contributed by atoms with Crippen molar-refractivity contribution >= 4 is 28.4 Å². The van der Waals surface area contributed by atoms with E-state index in [0.29, 0.717) is 17.9 Å². The van der Waals surface area contributed by atoms with Crippen LogP contribution in [0.2, 0.25) is 0 Å². The lowest BCUT2D eigenvalue weighted by atomic mass is 10.2. The van der Waals surface area contributed by atoms with Crippen LogP contribution < -0.4 is 10.2 Å². The normalized spacial score (nSPS) is 14.0. The van der Waals surface area contributed by atoms with E-state index in [0.717, 1.165) is 28.8 Å². The summed E-state index contributed by atoms with van der Waals surface area (Å²) in [5, 5.41) is 4.42. The van der Waals surface area contributed by atoms with Crippen LogP contribution in [0.15, 0.2) is 77.3 Å². The Morgan fingerprint density at radius 1 is 1.10 bits per heavy atom. The van der Waals surface area contributed by atoms with E-state index in [-0.39, 0.29) is 11.9 Å². The minimum atomic E-state index is -0.0399. The number of nitrogens with zero attached hydrogens (tertiary/aromatic N) is 2. The van der Waals surface area contributed by atoms with Crippen LogP contribution >= 0.6 is 0 Å². The van der Waals surface area contributed by atoms with Crippen LogP contribution in [0.25, 0.3) is 11.0 Å². The molecule has 1 aliphatic heterocycles. The first kappa shape index (κ1) is 17.5. The summed E-state index contributed by atoms with van der Waals surface area (Å²) in [6.07, 6.45) is 2.53. The fourth-order valence-corrected chi connectivity index (χ4v) is 3.82. The summed E-state index contributed by atoms with van der Waals surface area (Å²) in [7, 11) is 0. The third-order valence-electron chi connectivity index (χ3n) is 5.38. The number of benzene rings is 2. The van der Waals surface area contributed by atoms with E-state index in [1.165, 1.54) is 5.56 Å². The number of anilines is 2. The number of para-hydroxylation sites is 2. The zero-order valence-corrected chi connectivity index (χ0v) is 16.1. The van der Waals surface area contributed by atoms with Crippen molar-refractivity contribution in [2.75, 3.05) is 16.8 Å². The van der Waals surface area contributed by atoms with Crippen LogP contribution in [0.4, 0.5) is 11.5 Å². The molecule has 0 saturated carbocycles. The van der Waals surface area contributed by atoms with Crippen molar-refractivity contribution in [1.82, 2.24) is 4.98 Å². The van der Waals surface area contributed by atoms with Gasteiger partial charge in [0.25, 0.3) is 5.91 Å². The highest BCUT2D eigenvalue weighted by Crippen LogP contribution is 2.29. The Hall–Kier alpha value is -3.60. The molecule has 0 fully saturated rings. The largest absolute Gasteiger partial charge is 0.459 e. The molecule has 4 aromatic rings. The Balaban J connectivity index is 1.30. The van der Waals surface area contributed by atoms with Gasteiger partial charge in [-0.1, -0.05) is 36.4 Å². The SMILES string of the molecule is C[C@@H](Nc1ccc(C(=O)N2CCc3ccccc32)cn1)c1cc2ccccc2o1. The number of nitrogens with one attached hydrogen (secondary N) is 1. The molecule has 5 rings (SSSR count). The van der Waals surface area contributed by atoms with Crippen LogP contribution in [0.5, 0.6) is 0 Å². The van der Waals surface area contributed by atoms with Crippen molar-refractivity contribution < 1.29 is 9.21 Å². The molecule has 0 bridgehead atoms. The molecule has 2 aromatic carbocycles. The topological polar surface area (TPSA) is 58.4 Å². The maximum absolute atomic E-state index is 12.9. The quantitative estimate of drug-likeness (QED) is 0.526. The number of carbonyl (C=O) groups is 1. The summed E-state index contributed by atoms with van der Waals surface area (Å²) in [5.41, 5.74) is 3.67. The molecule has 0 saturated heterocycles. The van der Waals surface area contributed by atoms with Gasteiger partial charge in [0, 0.05) is 23.8 Å². The fraction of sp³-hybridized carbons (Fsp3) is 0.167. The number of amides is 1. The first-order valence-corrected chi connectivity index (χ1v) is 9.80. The van der Waals surface area contributed by atoms with Gasteiger partial charge in [-0.25, -0.2) is 4.98 Å². The summed E-state index contributed by atoms with van der Waals surface area (Å²) >= 11 is 0. The Morgan fingerprint density at radius 2 is 1.93 bits per heavy atom. The van der Waals surface area contributed by atoms with Gasteiger partial charge in [0.15, 0.2) is 0 Å². The minimum absolute atomic E-state index is 0.0145. The molecule has 144 valence electrons. The molecule has 0 spiro atoms. The first-order chi connectivity index (χ1) is 14.2. The summed E-state index contributed by atoms with van der Waals surface area (Å²) < 4.78 is 5.91. The second kappa shape index (κ2) is 7.09. The number of hydrogen-bond acceptors (Lipinski definition) is 4. The van der Waals surface area contributed by atoms with Crippen molar-refractivity contribution in [1.29, 1.82) is 0 Å². The highest BCUT2D eigenvalue weighted by atomic mass is 16.3. The lowest BCUT2D eigenvalue weighted by molar-refractivity contribution is 0.0989. The van der Waals surface area contributed by atoms with Crippen LogP contribution in [0.1, 0.15) is 34.6 Å². The van der Waals surface area contributed by atoms with E-state index in [4.69, 9.17) is 4.42 Å². The van der Waals surface area contributed by atoms with Gasteiger partial charge in [-0.15, -0.1) is 0 Å². The lowest BCUT2D eigenvalue weighted by Crippen LogP contribution is -2.28. The van der Waals surface area contributed by atoms with Gasteiger partial charge in [0.1, 0.15) is 17.2 Å². The fourth-order valence-electron chi connectivity index (χ4n) is 3.82. The standard InChI is InChI=1S/C24H21N3O2/c1-16(22-14-18-7-3-5-9-21(18)29-22)26-23-11-10-19(15-25-23)24(28)27-13-12-17-6-2-4-8-20(17)27/h2-11,14-16H,12-13H2,1H3,(H,25,26)/t16-/m1/s1. The predicted octanol–water partition coefficient (Wildman–Crippen LogP) is 5.20. The van der Waals surface area contributed by atoms with Gasteiger partial charge in [-0.2, -0.15) is 0 Å². The van der Waals surface area contributed by atoms with Gasteiger partial charge >= 0.3 is 0 Å². The molecule has 5 heteroatoms. The zero-order valence-electron chi connectivity index (χ0n) is 16.1. The molecule has 0 unspecified atom stereocenters. The van der Waals surface area contributed by atoms with E-state index < -0.39 is 0 Å². The molecule has 29 heavy (non-hydrogen) atoms. The first-order valence-electron chi connectivity index (χ1n) is 9.80. The van der Waals surface area contributed by atoms with Crippen molar-refractivity contribution in [3.05, 3.63) is 89.8 Å². The summed E-state index contributed by atoms with van der Waals surface area (Å²) in [5.74, 6) is 1.54. The van der Waals surface area contributed by atoms with E-state index in [9.17, 15) is 4.79 Å². The third kappa shape index (κ3) is 3.25. The van der Waals surface area contributed by atoms with Crippen molar-refractivity contribution in [2.45, 2.75) is 19.4 Å². The summed E-state index contributed by atoms with van der Waals surface area (Å²) in [6, 6.07) is 21.7. The predicted molar refractivity (Wildman–Crippen MR) is 114 cm³/mol. The average molecular weight is 383 g/mol. The van der Waals surface area contributed by atoms with E-state index >= 15 is 0 Å². The maximum Gasteiger partial charge on any atom is 0.259 e. The monoisotopic (exact) mass is 383 g/mol. The second-order valence-electron chi connectivity index (χ2n) is 7.32. The van der Waals surface area contributed by atoms with Gasteiger partial charge in [-0.3, -0.25) is 4.79 Å². The van der Waals surface area contributed by atoms with Crippen LogP contribution in [-0.2, 0) is 6.42 Å². The zero-order chi connectivity index (χ0) is 19.8. The van der Waals surface area contributed by atoms with E-state index in [1.807, 2.05) is 72.5 Å². The number of furan rings is 1. The molecule has 3 heterocycles.